The van der Waals surface area contributed by atoms with Crippen LogP contribution < -0.4 is 10.1 Å². The molecule has 0 fully saturated rings. The molecular weight excluding hydrogens is 230 g/mol. The zero-order valence-electron chi connectivity index (χ0n) is 10.6. The zero-order valence-corrected chi connectivity index (χ0v) is 10.6. The second kappa shape index (κ2) is 6.16. The first-order valence-electron chi connectivity index (χ1n) is 5.95. The van der Waals surface area contributed by atoms with Crippen LogP contribution >= 0.6 is 0 Å². The highest BCUT2D eigenvalue weighted by Crippen LogP contribution is 2.20. The van der Waals surface area contributed by atoms with E-state index in [0.717, 1.165) is 36.5 Å². The standard InChI is InChI=1S/C13H17N3O2/c1-14-9-3-4-12-15-13(18-16-12)10-5-7-11(17-2)8-6-10/h5-8,14H,3-4,9H2,1-2H3. The first-order valence-corrected chi connectivity index (χ1v) is 5.95. The molecule has 0 atom stereocenters. The van der Waals surface area contributed by atoms with Gasteiger partial charge >= 0.3 is 0 Å². The Labute approximate surface area is 106 Å². The lowest BCUT2D eigenvalue weighted by Crippen LogP contribution is -2.08. The number of nitrogens with one attached hydrogen (secondary N) is 1. The van der Waals surface area contributed by atoms with Crippen LogP contribution in [-0.4, -0.2) is 30.8 Å². The molecule has 5 heteroatoms. The number of aryl methyl sites for hydroxylation is 1. The minimum absolute atomic E-state index is 0.553. The quantitative estimate of drug-likeness (QED) is 0.790. The lowest BCUT2D eigenvalue weighted by molar-refractivity contribution is 0.414. The molecule has 0 radical (unpaired) electrons. The fraction of sp³-hybridized carbons (Fsp3) is 0.385. The Morgan fingerprint density at radius 2 is 2.06 bits per heavy atom. The van der Waals surface area contributed by atoms with Gasteiger partial charge in [0, 0.05) is 12.0 Å². The molecule has 2 aromatic rings. The van der Waals surface area contributed by atoms with Gasteiger partial charge in [-0.15, -0.1) is 0 Å². The predicted molar refractivity (Wildman–Crippen MR) is 68.5 cm³/mol. The third-order valence-corrected chi connectivity index (χ3v) is 2.63. The molecule has 0 spiro atoms. The molecule has 96 valence electrons. The third-order valence-electron chi connectivity index (χ3n) is 2.63. The molecule has 0 amide bonds. The van der Waals surface area contributed by atoms with Gasteiger partial charge in [0.2, 0.25) is 0 Å². The fourth-order valence-electron chi connectivity index (χ4n) is 1.63. The molecule has 0 saturated carbocycles. The molecule has 5 nitrogen and oxygen atoms in total. The Morgan fingerprint density at radius 1 is 1.28 bits per heavy atom. The fourth-order valence-corrected chi connectivity index (χ4v) is 1.63. The monoisotopic (exact) mass is 247 g/mol. The van der Waals surface area contributed by atoms with Crippen molar-refractivity contribution >= 4 is 0 Å². The van der Waals surface area contributed by atoms with E-state index < -0.39 is 0 Å². The highest BCUT2D eigenvalue weighted by Gasteiger charge is 2.08. The van der Waals surface area contributed by atoms with Gasteiger partial charge < -0.3 is 14.6 Å². The topological polar surface area (TPSA) is 60.2 Å². The summed E-state index contributed by atoms with van der Waals surface area (Å²) in [5, 5.41) is 7.05. The van der Waals surface area contributed by atoms with Gasteiger partial charge in [-0.25, -0.2) is 0 Å². The van der Waals surface area contributed by atoms with Crippen LogP contribution in [0.2, 0.25) is 0 Å². The van der Waals surface area contributed by atoms with Crippen molar-refractivity contribution in [2.24, 2.45) is 0 Å². The summed E-state index contributed by atoms with van der Waals surface area (Å²) in [6.45, 7) is 0.951. The minimum atomic E-state index is 0.553. The number of hydrogen-bond donors (Lipinski definition) is 1. The predicted octanol–water partition coefficient (Wildman–Crippen LogP) is 1.90. The molecule has 2 rings (SSSR count). The van der Waals surface area contributed by atoms with E-state index in [2.05, 4.69) is 15.5 Å². The molecule has 0 aliphatic heterocycles. The Bertz CT molecular complexity index is 479. The summed E-state index contributed by atoms with van der Waals surface area (Å²) >= 11 is 0. The summed E-state index contributed by atoms with van der Waals surface area (Å²) in [6, 6.07) is 7.56. The summed E-state index contributed by atoms with van der Waals surface area (Å²) in [5.74, 6) is 2.11. The van der Waals surface area contributed by atoms with E-state index in [4.69, 9.17) is 9.26 Å². The van der Waals surface area contributed by atoms with Crippen molar-refractivity contribution < 1.29 is 9.26 Å². The highest BCUT2D eigenvalue weighted by atomic mass is 16.5. The van der Waals surface area contributed by atoms with Crippen molar-refractivity contribution in [3.63, 3.8) is 0 Å². The number of aromatic nitrogens is 2. The molecule has 1 heterocycles. The van der Waals surface area contributed by atoms with E-state index in [0.29, 0.717) is 5.89 Å². The van der Waals surface area contributed by atoms with E-state index in [1.807, 2.05) is 31.3 Å². The Morgan fingerprint density at radius 3 is 2.72 bits per heavy atom. The van der Waals surface area contributed by atoms with Crippen molar-refractivity contribution in [1.82, 2.24) is 15.5 Å². The van der Waals surface area contributed by atoms with E-state index >= 15 is 0 Å². The van der Waals surface area contributed by atoms with Gasteiger partial charge in [-0.3, -0.25) is 0 Å². The van der Waals surface area contributed by atoms with Crippen LogP contribution in [0.3, 0.4) is 0 Å². The Hall–Kier alpha value is -1.88. The van der Waals surface area contributed by atoms with Crippen molar-refractivity contribution in [2.45, 2.75) is 12.8 Å². The number of rotatable bonds is 6. The van der Waals surface area contributed by atoms with E-state index in [1.54, 1.807) is 7.11 Å². The second-order valence-corrected chi connectivity index (χ2v) is 3.95. The lowest BCUT2D eigenvalue weighted by Gasteiger charge is -1.98. The molecule has 0 bridgehead atoms. The van der Waals surface area contributed by atoms with E-state index in [9.17, 15) is 0 Å². The first-order chi connectivity index (χ1) is 8.83. The molecule has 1 aromatic heterocycles. The molecular formula is C13H17N3O2. The van der Waals surface area contributed by atoms with Crippen molar-refractivity contribution in [1.29, 1.82) is 0 Å². The van der Waals surface area contributed by atoms with Crippen LogP contribution in [0.1, 0.15) is 12.2 Å². The largest absolute Gasteiger partial charge is 0.497 e. The van der Waals surface area contributed by atoms with Gasteiger partial charge in [0.05, 0.1) is 7.11 Å². The van der Waals surface area contributed by atoms with Gasteiger partial charge in [0.25, 0.3) is 5.89 Å². The van der Waals surface area contributed by atoms with Gasteiger partial charge in [-0.1, -0.05) is 5.16 Å². The molecule has 18 heavy (non-hydrogen) atoms. The lowest BCUT2D eigenvalue weighted by atomic mass is 10.2. The normalized spacial score (nSPS) is 10.6. The number of nitrogens with zero attached hydrogens (tertiary/aromatic N) is 2. The molecule has 0 aliphatic rings. The van der Waals surface area contributed by atoms with Crippen LogP contribution in [0.25, 0.3) is 11.5 Å². The second-order valence-electron chi connectivity index (χ2n) is 3.95. The maximum absolute atomic E-state index is 5.23. The maximum Gasteiger partial charge on any atom is 0.257 e. The van der Waals surface area contributed by atoms with Crippen LogP contribution in [0.15, 0.2) is 28.8 Å². The van der Waals surface area contributed by atoms with Crippen molar-refractivity contribution in [3.05, 3.63) is 30.1 Å². The average Bonchev–Trinajstić information content (AvgIpc) is 2.88. The van der Waals surface area contributed by atoms with Gasteiger partial charge in [0.15, 0.2) is 5.82 Å². The number of hydrogen-bond acceptors (Lipinski definition) is 5. The number of benzene rings is 1. The Kier molecular flexibility index (Phi) is 4.30. The zero-order chi connectivity index (χ0) is 12.8. The minimum Gasteiger partial charge on any atom is -0.497 e. The molecule has 1 aromatic carbocycles. The SMILES string of the molecule is CNCCCc1noc(-c2ccc(OC)cc2)n1. The summed E-state index contributed by atoms with van der Waals surface area (Å²) in [7, 11) is 3.57. The van der Waals surface area contributed by atoms with Crippen LogP contribution in [0.5, 0.6) is 5.75 Å². The Balaban J connectivity index is 2.04. The summed E-state index contributed by atoms with van der Waals surface area (Å²) < 4.78 is 10.3. The van der Waals surface area contributed by atoms with Gasteiger partial charge in [0.1, 0.15) is 5.75 Å². The van der Waals surface area contributed by atoms with Gasteiger partial charge in [-0.05, 0) is 44.3 Å². The van der Waals surface area contributed by atoms with Crippen LogP contribution in [-0.2, 0) is 6.42 Å². The molecule has 0 saturated heterocycles. The molecule has 0 aliphatic carbocycles. The molecule has 1 N–H and O–H groups in total. The summed E-state index contributed by atoms with van der Waals surface area (Å²) in [5.41, 5.74) is 0.906. The average molecular weight is 247 g/mol. The third kappa shape index (κ3) is 3.07. The maximum atomic E-state index is 5.23. The van der Waals surface area contributed by atoms with Crippen molar-refractivity contribution in [3.8, 4) is 17.2 Å². The molecule has 0 unspecified atom stereocenters. The van der Waals surface area contributed by atoms with Crippen LogP contribution in [0, 0.1) is 0 Å². The van der Waals surface area contributed by atoms with Gasteiger partial charge in [-0.2, -0.15) is 4.98 Å². The van der Waals surface area contributed by atoms with Crippen LogP contribution in [0.4, 0.5) is 0 Å². The smallest absolute Gasteiger partial charge is 0.257 e. The van der Waals surface area contributed by atoms with E-state index in [-0.39, 0.29) is 0 Å². The first kappa shape index (κ1) is 12.6. The summed E-state index contributed by atoms with van der Waals surface area (Å²) in [4.78, 5) is 4.36. The number of methoxy groups -OCH3 is 1. The number of ether oxygens (including phenoxy) is 1. The van der Waals surface area contributed by atoms with Crippen molar-refractivity contribution in [2.75, 3.05) is 20.7 Å². The summed E-state index contributed by atoms with van der Waals surface area (Å²) in [6.07, 6.45) is 1.82. The van der Waals surface area contributed by atoms with E-state index in [1.165, 1.54) is 0 Å². The highest BCUT2D eigenvalue weighted by molar-refractivity contribution is 5.54.